The Bertz CT molecular complexity index is 1640. The van der Waals surface area contributed by atoms with Gasteiger partial charge in [-0.05, 0) is 48.0 Å². The van der Waals surface area contributed by atoms with Crippen molar-refractivity contribution in [1.29, 1.82) is 0 Å². The number of anilines is 2. The zero-order valence-corrected chi connectivity index (χ0v) is 20.2. The summed E-state index contributed by atoms with van der Waals surface area (Å²) in [5.74, 6) is 1.15. The normalized spacial score (nSPS) is 11.9. The molecule has 1 N–H and O–H groups in total. The van der Waals surface area contributed by atoms with Gasteiger partial charge in [-0.2, -0.15) is 0 Å². The van der Waals surface area contributed by atoms with Gasteiger partial charge < -0.3 is 15.0 Å². The van der Waals surface area contributed by atoms with Gasteiger partial charge in [-0.3, -0.25) is 14.6 Å². The minimum atomic E-state index is -0.300. The van der Waals surface area contributed by atoms with Crippen molar-refractivity contribution in [2.24, 2.45) is 0 Å². The fourth-order valence-corrected chi connectivity index (χ4v) is 4.44. The maximum atomic E-state index is 13.6. The Morgan fingerprint density at radius 3 is 2.39 bits per heavy atom. The molecule has 0 unspecified atom stereocenters. The zero-order chi connectivity index (χ0) is 25.9. The van der Waals surface area contributed by atoms with E-state index in [1.807, 2.05) is 78.9 Å². The smallest absolute Gasteiger partial charge is 0.260 e. The van der Waals surface area contributed by atoms with Crippen LogP contribution in [0.2, 0.25) is 0 Å². The van der Waals surface area contributed by atoms with Gasteiger partial charge in [-0.1, -0.05) is 54.6 Å². The molecule has 1 aliphatic rings. The maximum absolute atomic E-state index is 13.6. The molecule has 3 heterocycles. The number of carbonyl (C=O) groups excluding carboxylic acids is 2. The summed E-state index contributed by atoms with van der Waals surface area (Å²) in [5, 5.41) is 2.84. The van der Waals surface area contributed by atoms with E-state index in [1.165, 1.54) is 6.20 Å². The number of nitrogens with zero attached hydrogens (tertiary/aromatic N) is 3. The average molecular weight is 499 g/mol. The van der Waals surface area contributed by atoms with Crippen LogP contribution in [0.5, 0.6) is 11.5 Å². The first-order valence-electron chi connectivity index (χ1n) is 12.1. The third kappa shape index (κ3) is 4.49. The van der Waals surface area contributed by atoms with Gasteiger partial charge in [0.2, 0.25) is 0 Å². The van der Waals surface area contributed by atoms with E-state index in [0.29, 0.717) is 34.9 Å². The molecule has 0 atom stereocenters. The molecule has 0 bridgehead atoms. The number of hydrogen-bond acceptors (Lipinski definition) is 5. The van der Waals surface area contributed by atoms with Gasteiger partial charge in [-0.25, -0.2) is 4.98 Å². The molecule has 0 radical (unpaired) electrons. The Hall–Kier alpha value is -5.30. The predicted molar refractivity (Wildman–Crippen MR) is 145 cm³/mol. The van der Waals surface area contributed by atoms with Gasteiger partial charge >= 0.3 is 0 Å². The van der Waals surface area contributed by atoms with Crippen LogP contribution in [-0.4, -0.2) is 21.8 Å². The summed E-state index contributed by atoms with van der Waals surface area (Å²) in [5.41, 5.74) is 4.09. The highest BCUT2D eigenvalue weighted by atomic mass is 16.5. The molecule has 5 aromatic rings. The first-order valence-corrected chi connectivity index (χ1v) is 12.1. The number of amides is 2. The second-order valence-electron chi connectivity index (χ2n) is 8.74. The second-order valence-corrected chi connectivity index (χ2v) is 8.74. The molecule has 2 amide bonds. The fraction of sp³-hybridized carbons (Fsp3) is 0.0323. The second kappa shape index (κ2) is 9.99. The quantitative estimate of drug-likeness (QED) is 0.312. The summed E-state index contributed by atoms with van der Waals surface area (Å²) in [6.45, 7) is 0.357. The van der Waals surface area contributed by atoms with Crippen LogP contribution in [0, 0.1) is 0 Å². The molecule has 0 saturated heterocycles. The monoisotopic (exact) mass is 498 g/mol. The van der Waals surface area contributed by atoms with Crippen LogP contribution >= 0.6 is 0 Å². The molecule has 7 heteroatoms. The molecule has 0 saturated carbocycles. The van der Waals surface area contributed by atoms with Crippen LogP contribution in [0.15, 0.2) is 116 Å². The van der Waals surface area contributed by atoms with E-state index in [1.54, 1.807) is 35.5 Å². The lowest BCUT2D eigenvalue weighted by atomic mass is 10.0. The van der Waals surface area contributed by atoms with Gasteiger partial charge in [0.1, 0.15) is 11.6 Å². The zero-order valence-electron chi connectivity index (χ0n) is 20.2. The van der Waals surface area contributed by atoms with Crippen molar-refractivity contribution in [2.75, 3.05) is 10.2 Å². The van der Waals surface area contributed by atoms with Gasteiger partial charge in [0.05, 0.1) is 17.8 Å². The summed E-state index contributed by atoms with van der Waals surface area (Å²) in [7, 11) is 0. The van der Waals surface area contributed by atoms with Crippen molar-refractivity contribution in [2.45, 2.75) is 6.54 Å². The third-order valence-corrected chi connectivity index (χ3v) is 6.32. The lowest BCUT2D eigenvalue weighted by Crippen LogP contribution is -2.30. The van der Waals surface area contributed by atoms with E-state index in [-0.39, 0.29) is 11.8 Å². The highest BCUT2D eigenvalue weighted by molar-refractivity contribution is 6.09. The molecule has 3 aromatic carbocycles. The number of rotatable bonds is 4. The average Bonchev–Trinajstić information content (AvgIpc) is 3.14. The van der Waals surface area contributed by atoms with Crippen LogP contribution in [0.1, 0.15) is 26.3 Å². The Morgan fingerprint density at radius 1 is 0.789 bits per heavy atom. The summed E-state index contributed by atoms with van der Waals surface area (Å²) in [6.07, 6.45) is 4.88. The van der Waals surface area contributed by atoms with E-state index in [2.05, 4.69) is 15.3 Å². The van der Waals surface area contributed by atoms with Gasteiger partial charge in [0.25, 0.3) is 11.8 Å². The van der Waals surface area contributed by atoms with Crippen LogP contribution in [-0.2, 0) is 6.54 Å². The lowest BCUT2D eigenvalue weighted by molar-refractivity contribution is 0.0984. The van der Waals surface area contributed by atoms with E-state index in [4.69, 9.17) is 4.74 Å². The van der Waals surface area contributed by atoms with E-state index in [0.717, 1.165) is 22.4 Å². The predicted octanol–water partition coefficient (Wildman–Crippen LogP) is 6.35. The van der Waals surface area contributed by atoms with Crippen LogP contribution < -0.4 is 15.0 Å². The number of ether oxygens (including phenoxy) is 1. The Labute approximate surface area is 219 Å². The molecule has 2 aromatic heterocycles. The summed E-state index contributed by atoms with van der Waals surface area (Å²) >= 11 is 0. The van der Waals surface area contributed by atoms with Gasteiger partial charge in [-0.15, -0.1) is 0 Å². The number of para-hydroxylation sites is 3. The third-order valence-electron chi connectivity index (χ3n) is 6.32. The number of benzene rings is 3. The topological polar surface area (TPSA) is 84.4 Å². The molecule has 0 spiro atoms. The molecule has 38 heavy (non-hydrogen) atoms. The first-order chi connectivity index (χ1) is 18.7. The SMILES string of the molecule is O=C(Nc1ccc(C(=O)N2Cc3ccccc3Oc3ccccc32)cn1)c1ccccc1-c1cccnc1. The van der Waals surface area contributed by atoms with Crippen molar-refractivity contribution in [3.63, 3.8) is 0 Å². The molecule has 6 rings (SSSR count). The minimum Gasteiger partial charge on any atom is -0.455 e. The van der Waals surface area contributed by atoms with E-state index in [9.17, 15) is 9.59 Å². The number of pyridine rings is 2. The van der Waals surface area contributed by atoms with Gasteiger partial charge in [0.15, 0.2) is 5.75 Å². The van der Waals surface area contributed by atoms with Crippen LogP contribution in [0.4, 0.5) is 11.5 Å². The summed E-state index contributed by atoms with van der Waals surface area (Å²) in [6, 6.07) is 29.5. The molecule has 7 nitrogen and oxygen atoms in total. The largest absolute Gasteiger partial charge is 0.455 e. The maximum Gasteiger partial charge on any atom is 0.260 e. The Kier molecular flexibility index (Phi) is 6.08. The van der Waals surface area contributed by atoms with Gasteiger partial charge in [0, 0.05) is 35.3 Å². The number of carbonyl (C=O) groups is 2. The number of hydrogen-bond donors (Lipinski definition) is 1. The van der Waals surface area contributed by atoms with E-state index >= 15 is 0 Å². The molecule has 0 aliphatic carbocycles. The number of nitrogens with one attached hydrogen (secondary N) is 1. The summed E-state index contributed by atoms with van der Waals surface area (Å²) in [4.78, 5) is 36.9. The molecule has 1 aliphatic heterocycles. The molecule has 184 valence electrons. The first kappa shape index (κ1) is 23.1. The highest BCUT2D eigenvalue weighted by Gasteiger charge is 2.26. The van der Waals surface area contributed by atoms with Crippen molar-refractivity contribution in [1.82, 2.24) is 9.97 Å². The van der Waals surface area contributed by atoms with Crippen LogP contribution in [0.3, 0.4) is 0 Å². The van der Waals surface area contributed by atoms with Crippen LogP contribution in [0.25, 0.3) is 11.1 Å². The standard InChI is InChI=1S/C31H22N4O3/c36-30(25-11-3-2-10-24(25)21-9-7-17-32-18-21)34-29-16-15-22(19-33-29)31(37)35-20-23-8-1-5-13-27(23)38-28-14-6-4-12-26(28)35/h1-19H,20H2,(H,33,34,36). The minimum absolute atomic E-state index is 0.218. The Morgan fingerprint density at radius 2 is 1.58 bits per heavy atom. The van der Waals surface area contributed by atoms with Crippen molar-refractivity contribution in [3.05, 3.63) is 132 Å². The van der Waals surface area contributed by atoms with Crippen molar-refractivity contribution in [3.8, 4) is 22.6 Å². The number of aromatic nitrogens is 2. The molecule has 0 fully saturated rings. The lowest BCUT2D eigenvalue weighted by Gasteiger charge is -2.22. The Balaban J connectivity index is 1.24. The fourth-order valence-electron chi connectivity index (χ4n) is 4.44. The highest BCUT2D eigenvalue weighted by Crippen LogP contribution is 2.39. The van der Waals surface area contributed by atoms with E-state index < -0.39 is 0 Å². The molecular weight excluding hydrogens is 476 g/mol. The van der Waals surface area contributed by atoms with Crippen molar-refractivity contribution >= 4 is 23.3 Å². The van der Waals surface area contributed by atoms with Crippen molar-refractivity contribution < 1.29 is 14.3 Å². The molecular formula is C31H22N4O3. The number of fused-ring (bicyclic) bond motifs is 2. The summed E-state index contributed by atoms with van der Waals surface area (Å²) < 4.78 is 6.10.